The first-order valence-electron chi connectivity index (χ1n) is 11.1. The lowest BCUT2D eigenvalue weighted by molar-refractivity contribution is 0.197. The van der Waals surface area contributed by atoms with Gasteiger partial charge in [0.15, 0.2) is 16.8 Å². The van der Waals surface area contributed by atoms with Crippen molar-refractivity contribution in [3.63, 3.8) is 0 Å². The summed E-state index contributed by atoms with van der Waals surface area (Å²) < 4.78 is 12.8. The first kappa shape index (κ1) is 19.8. The molecule has 4 aromatic heterocycles. The van der Waals surface area contributed by atoms with Crippen molar-refractivity contribution in [3.05, 3.63) is 82.5 Å². The third-order valence-electron chi connectivity index (χ3n) is 6.32. The van der Waals surface area contributed by atoms with Gasteiger partial charge >= 0.3 is 0 Å². The number of likely N-dealkylation sites (tertiary alicyclic amines) is 1. The van der Waals surface area contributed by atoms with Gasteiger partial charge in [-0.1, -0.05) is 12.1 Å². The highest BCUT2D eigenvalue weighted by Crippen LogP contribution is 2.29. The van der Waals surface area contributed by atoms with Gasteiger partial charge in [-0.2, -0.15) is 9.61 Å². The fourth-order valence-corrected chi connectivity index (χ4v) is 4.68. The summed E-state index contributed by atoms with van der Waals surface area (Å²) in [5, 5.41) is 5.15. The van der Waals surface area contributed by atoms with Crippen molar-refractivity contribution in [2.75, 3.05) is 18.8 Å². The van der Waals surface area contributed by atoms with Crippen LogP contribution in [0.2, 0.25) is 0 Å². The number of furan rings is 1. The summed E-state index contributed by atoms with van der Waals surface area (Å²) in [4.78, 5) is 20.1. The lowest BCUT2D eigenvalue weighted by Gasteiger charge is -2.32. The lowest BCUT2D eigenvalue weighted by atomic mass is 9.94. The summed E-state index contributed by atoms with van der Waals surface area (Å²) in [7, 11) is 0. The number of rotatable bonds is 4. The molecule has 166 valence electrons. The van der Waals surface area contributed by atoms with Crippen molar-refractivity contribution in [2.24, 2.45) is 0 Å². The summed E-state index contributed by atoms with van der Waals surface area (Å²) in [6, 6.07) is 14.8. The van der Waals surface area contributed by atoms with Crippen molar-refractivity contribution < 1.29 is 8.83 Å². The largest absolute Gasteiger partial charge is 0.464 e. The molecule has 0 saturated carbocycles. The SMILES string of the molecule is Nc1cc(C2CCCN(Cc3coc4ccccc4c3=O)C2)nc2cc(-c3ccco3)nn12. The van der Waals surface area contributed by atoms with Crippen molar-refractivity contribution in [1.29, 1.82) is 0 Å². The molecular formula is C25H23N5O3. The Morgan fingerprint density at radius 2 is 2.03 bits per heavy atom. The maximum atomic E-state index is 12.9. The van der Waals surface area contributed by atoms with Crippen molar-refractivity contribution in [3.8, 4) is 11.5 Å². The van der Waals surface area contributed by atoms with Gasteiger partial charge in [-0.05, 0) is 43.7 Å². The normalized spacial score (nSPS) is 17.2. The van der Waals surface area contributed by atoms with Crippen molar-refractivity contribution in [2.45, 2.75) is 25.3 Å². The van der Waals surface area contributed by atoms with Crippen molar-refractivity contribution in [1.82, 2.24) is 19.5 Å². The second kappa shape index (κ2) is 7.90. The number of anilines is 1. The van der Waals surface area contributed by atoms with Gasteiger partial charge < -0.3 is 14.6 Å². The number of para-hydroxylation sites is 1. The molecular weight excluding hydrogens is 418 g/mol. The zero-order valence-corrected chi connectivity index (χ0v) is 18.0. The molecule has 0 bridgehead atoms. The average Bonchev–Trinajstić information content (AvgIpc) is 3.51. The molecule has 0 radical (unpaired) electrons. The van der Waals surface area contributed by atoms with E-state index in [0.717, 1.165) is 31.6 Å². The number of nitrogen functional groups attached to an aromatic ring is 1. The smallest absolute Gasteiger partial charge is 0.197 e. The fourth-order valence-electron chi connectivity index (χ4n) is 4.68. The molecule has 0 amide bonds. The summed E-state index contributed by atoms with van der Waals surface area (Å²) in [6.45, 7) is 2.28. The van der Waals surface area contributed by atoms with Gasteiger partial charge in [-0.3, -0.25) is 9.69 Å². The molecule has 33 heavy (non-hydrogen) atoms. The zero-order valence-electron chi connectivity index (χ0n) is 18.0. The first-order chi connectivity index (χ1) is 16.2. The van der Waals surface area contributed by atoms with Crippen LogP contribution in [0.5, 0.6) is 0 Å². The Hall–Kier alpha value is -3.91. The second-order valence-electron chi connectivity index (χ2n) is 8.54. The molecule has 1 saturated heterocycles. The average molecular weight is 441 g/mol. The molecule has 1 aliphatic heterocycles. The Kier molecular flexibility index (Phi) is 4.73. The van der Waals surface area contributed by atoms with E-state index in [0.29, 0.717) is 46.0 Å². The number of benzene rings is 1. The van der Waals surface area contributed by atoms with Crippen LogP contribution in [0.1, 0.15) is 30.0 Å². The van der Waals surface area contributed by atoms with Gasteiger partial charge in [0.2, 0.25) is 0 Å². The third-order valence-corrected chi connectivity index (χ3v) is 6.32. The highest BCUT2D eigenvalue weighted by molar-refractivity contribution is 5.76. The Labute approximate surface area is 189 Å². The molecule has 1 aromatic carbocycles. The molecule has 2 N–H and O–H groups in total. The number of hydrogen-bond donors (Lipinski definition) is 1. The summed E-state index contributed by atoms with van der Waals surface area (Å²) in [5.74, 6) is 1.44. The Balaban J connectivity index is 1.26. The molecule has 8 heteroatoms. The third kappa shape index (κ3) is 3.58. The number of nitrogens with zero attached hydrogens (tertiary/aromatic N) is 4. The Bertz CT molecular complexity index is 1500. The quantitative estimate of drug-likeness (QED) is 0.449. The molecule has 0 aliphatic carbocycles. The molecule has 6 rings (SSSR count). The predicted octanol–water partition coefficient (Wildman–Crippen LogP) is 4.06. The minimum absolute atomic E-state index is 0.0347. The molecule has 8 nitrogen and oxygen atoms in total. The van der Waals surface area contributed by atoms with E-state index in [9.17, 15) is 4.79 Å². The first-order valence-corrected chi connectivity index (χ1v) is 11.1. The monoisotopic (exact) mass is 441 g/mol. The minimum atomic E-state index is 0.0347. The van der Waals surface area contributed by atoms with E-state index in [-0.39, 0.29) is 11.3 Å². The van der Waals surface area contributed by atoms with Crippen molar-refractivity contribution >= 4 is 22.4 Å². The minimum Gasteiger partial charge on any atom is -0.464 e. The standard InChI is InChI=1S/C25H23N5O3/c26-23-11-19(27-24-12-20(28-30(23)24)22-8-4-10-32-22)16-5-3-9-29(13-16)14-17-15-33-21-7-2-1-6-18(21)25(17)31/h1-2,4,6-8,10-12,15-16H,3,5,9,13-14,26H2. The summed E-state index contributed by atoms with van der Waals surface area (Å²) >= 11 is 0. The maximum absolute atomic E-state index is 12.9. The van der Waals surface area contributed by atoms with Crippen LogP contribution in [0.4, 0.5) is 5.82 Å². The fraction of sp³-hybridized carbons (Fsp3) is 0.240. The van der Waals surface area contributed by atoms with Crippen LogP contribution in [-0.2, 0) is 6.54 Å². The van der Waals surface area contributed by atoms with E-state index in [1.807, 2.05) is 48.5 Å². The lowest BCUT2D eigenvalue weighted by Crippen LogP contribution is -2.35. The van der Waals surface area contributed by atoms with Gasteiger partial charge in [0.25, 0.3) is 0 Å². The molecule has 1 fully saturated rings. The molecule has 0 spiro atoms. The van der Waals surface area contributed by atoms with Gasteiger partial charge in [-0.25, -0.2) is 4.98 Å². The van der Waals surface area contributed by atoms with Gasteiger partial charge in [-0.15, -0.1) is 0 Å². The Morgan fingerprint density at radius 1 is 1.12 bits per heavy atom. The molecule has 1 atom stereocenters. The van der Waals surface area contributed by atoms with Crippen LogP contribution in [-0.4, -0.2) is 32.6 Å². The van der Waals surface area contributed by atoms with E-state index in [4.69, 9.17) is 19.6 Å². The predicted molar refractivity (Wildman–Crippen MR) is 125 cm³/mol. The van der Waals surface area contributed by atoms with E-state index in [1.165, 1.54) is 0 Å². The van der Waals surface area contributed by atoms with E-state index >= 15 is 0 Å². The highest BCUT2D eigenvalue weighted by Gasteiger charge is 2.25. The molecule has 1 unspecified atom stereocenters. The Morgan fingerprint density at radius 3 is 2.91 bits per heavy atom. The number of piperidine rings is 1. The van der Waals surface area contributed by atoms with Gasteiger partial charge in [0.1, 0.15) is 17.1 Å². The summed E-state index contributed by atoms with van der Waals surface area (Å²) in [5.41, 5.74) is 9.99. The maximum Gasteiger partial charge on any atom is 0.197 e. The second-order valence-corrected chi connectivity index (χ2v) is 8.54. The number of fused-ring (bicyclic) bond motifs is 2. The summed E-state index contributed by atoms with van der Waals surface area (Å²) in [6.07, 6.45) is 5.26. The van der Waals surface area contributed by atoms with Crippen LogP contribution in [0, 0.1) is 0 Å². The number of nitrogens with two attached hydrogens (primary N) is 1. The molecule has 5 aromatic rings. The number of aromatic nitrogens is 3. The molecule has 1 aliphatic rings. The van der Waals surface area contributed by atoms with Crippen LogP contribution in [0.25, 0.3) is 28.1 Å². The van der Waals surface area contributed by atoms with Crippen LogP contribution in [0.3, 0.4) is 0 Å². The van der Waals surface area contributed by atoms with E-state index < -0.39 is 0 Å². The topological polar surface area (TPSA) is 103 Å². The van der Waals surface area contributed by atoms with Crippen LogP contribution >= 0.6 is 0 Å². The van der Waals surface area contributed by atoms with Gasteiger partial charge in [0, 0.05) is 36.7 Å². The van der Waals surface area contributed by atoms with Crippen LogP contribution < -0.4 is 11.2 Å². The van der Waals surface area contributed by atoms with E-state index in [1.54, 1.807) is 17.0 Å². The molecule has 5 heterocycles. The highest BCUT2D eigenvalue weighted by atomic mass is 16.3. The van der Waals surface area contributed by atoms with Gasteiger partial charge in [0.05, 0.1) is 23.6 Å². The van der Waals surface area contributed by atoms with E-state index in [2.05, 4.69) is 10.00 Å². The zero-order chi connectivity index (χ0) is 22.4. The number of hydrogen-bond acceptors (Lipinski definition) is 7. The van der Waals surface area contributed by atoms with Crippen LogP contribution in [0.15, 0.2) is 74.7 Å².